The van der Waals surface area contributed by atoms with E-state index < -0.39 is 0 Å². The van der Waals surface area contributed by atoms with Crippen molar-refractivity contribution in [2.45, 2.75) is 6.10 Å². The lowest BCUT2D eigenvalue weighted by molar-refractivity contribution is -0.00351. The van der Waals surface area contributed by atoms with Crippen molar-refractivity contribution in [3.8, 4) is 0 Å². The SMILES string of the molecule is CN1CCN(CC2C[N]CCO2)CC1. The molecule has 0 N–H and O–H groups in total. The molecule has 2 rings (SSSR count). The first-order chi connectivity index (χ1) is 6.84. The summed E-state index contributed by atoms with van der Waals surface area (Å²) in [5.74, 6) is 0. The fourth-order valence-electron chi connectivity index (χ4n) is 2.00. The van der Waals surface area contributed by atoms with Gasteiger partial charge in [0.2, 0.25) is 0 Å². The zero-order chi connectivity index (χ0) is 9.80. The normalized spacial score (nSPS) is 31.9. The highest BCUT2D eigenvalue weighted by molar-refractivity contribution is 4.75. The highest BCUT2D eigenvalue weighted by Gasteiger charge is 2.20. The molecule has 2 saturated heterocycles. The molecule has 2 fully saturated rings. The summed E-state index contributed by atoms with van der Waals surface area (Å²) in [7, 11) is 2.18. The van der Waals surface area contributed by atoms with Gasteiger partial charge in [-0.05, 0) is 7.05 Å². The number of nitrogens with zero attached hydrogens (tertiary/aromatic N) is 3. The van der Waals surface area contributed by atoms with E-state index in [1.54, 1.807) is 0 Å². The van der Waals surface area contributed by atoms with Crippen molar-refractivity contribution in [2.75, 3.05) is 59.5 Å². The van der Waals surface area contributed by atoms with Crippen LogP contribution in [0.4, 0.5) is 0 Å². The third-order valence-corrected chi connectivity index (χ3v) is 2.99. The summed E-state index contributed by atoms with van der Waals surface area (Å²) in [6.07, 6.45) is 0.354. The van der Waals surface area contributed by atoms with Crippen molar-refractivity contribution in [1.82, 2.24) is 15.1 Å². The van der Waals surface area contributed by atoms with Gasteiger partial charge in [-0.15, -0.1) is 0 Å². The summed E-state index contributed by atoms with van der Waals surface area (Å²) in [6, 6.07) is 0. The van der Waals surface area contributed by atoms with Crippen LogP contribution in [0.5, 0.6) is 0 Å². The molecule has 0 aromatic rings. The molecular weight excluding hydrogens is 178 g/mol. The van der Waals surface area contributed by atoms with Crippen LogP contribution in [0.25, 0.3) is 0 Å². The lowest BCUT2D eigenvalue weighted by Gasteiger charge is -2.35. The number of likely N-dealkylation sites (N-methyl/N-ethyl adjacent to an activating group) is 1. The fourth-order valence-corrected chi connectivity index (χ4v) is 2.00. The van der Waals surface area contributed by atoms with Crippen LogP contribution in [0.3, 0.4) is 0 Å². The molecule has 0 amide bonds. The molecule has 14 heavy (non-hydrogen) atoms. The van der Waals surface area contributed by atoms with Gasteiger partial charge < -0.3 is 9.64 Å². The van der Waals surface area contributed by atoms with E-state index in [9.17, 15) is 0 Å². The second-order valence-corrected chi connectivity index (χ2v) is 4.23. The second kappa shape index (κ2) is 5.07. The number of morpholine rings is 1. The van der Waals surface area contributed by atoms with E-state index in [1.807, 2.05) is 0 Å². The van der Waals surface area contributed by atoms with Crippen LogP contribution in [0.1, 0.15) is 0 Å². The Hall–Kier alpha value is -0.160. The number of ether oxygens (including phenoxy) is 1. The van der Waals surface area contributed by atoms with E-state index in [0.29, 0.717) is 6.10 Å². The molecule has 0 spiro atoms. The molecular formula is C10H20N3O. The van der Waals surface area contributed by atoms with Gasteiger partial charge in [-0.1, -0.05) is 0 Å². The van der Waals surface area contributed by atoms with E-state index >= 15 is 0 Å². The number of rotatable bonds is 2. The quantitative estimate of drug-likeness (QED) is 0.584. The average Bonchev–Trinajstić information content (AvgIpc) is 2.23. The highest BCUT2D eigenvalue weighted by Crippen LogP contribution is 2.04. The Morgan fingerprint density at radius 2 is 2.07 bits per heavy atom. The molecule has 0 aromatic heterocycles. The van der Waals surface area contributed by atoms with Crippen molar-refractivity contribution >= 4 is 0 Å². The third-order valence-electron chi connectivity index (χ3n) is 2.99. The van der Waals surface area contributed by atoms with Crippen LogP contribution >= 0.6 is 0 Å². The minimum atomic E-state index is 0.354. The molecule has 0 aliphatic carbocycles. The summed E-state index contributed by atoms with van der Waals surface area (Å²) in [4.78, 5) is 4.87. The molecule has 0 bridgehead atoms. The lowest BCUT2D eigenvalue weighted by atomic mass is 10.2. The van der Waals surface area contributed by atoms with Gasteiger partial charge >= 0.3 is 0 Å². The predicted octanol–water partition coefficient (Wildman–Crippen LogP) is -0.763. The number of hydrogen-bond acceptors (Lipinski definition) is 3. The summed E-state index contributed by atoms with van der Waals surface area (Å²) >= 11 is 0. The maximum absolute atomic E-state index is 5.66. The Bertz CT molecular complexity index is 163. The van der Waals surface area contributed by atoms with Crippen LogP contribution in [-0.4, -0.2) is 75.4 Å². The zero-order valence-corrected chi connectivity index (χ0v) is 8.98. The Morgan fingerprint density at radius 3 is 2.71 bits per heavy atom. The molecule has 81 valence electrons. The molecule has 1 unspecified atom stereocenters. The van der Waals surface area contributed by atoms with Crippen molar-refractivity contribution in [1.29, 1.82) is 0 Å². The van der Waals surface area contributed by atoms with Gasteiger partial charge in [0.05, 0.1) is 12.7 Å². The second-order valence-electron chi connectivity index (χ2n) is 4.23. The Morgan fingerprint density at radius 1 is 1.29 bits per heavy atom. The van der Waals surface area contributed by atoms with E-state index in [2.05, 4.69) is 22.2 Å². The molecule has 1 radical (unpaired) electrons. The van der Waals surface area contributed by atoms with Crippen molar-refractivity contribution in [3.63, 3.8) is 0 Å². The lowest BCUT2D eigenvalue weighted by Crippen LogP contribution is -2.49. The maximum Gasteiger partial charge on any atom is 0.0843 e. The first kappa shape index (κ1) is 10.4. The molecule has 0 saturated carbocycles. The molecule has 4 heteroatoms. The van der Waals surface area contributed by atoms with E-state index in [-0.39, 0.29) is 0 Å². The van der Waals surface area contributed by atoms with E-state index in [0.717, 1.165) is 26.2 Å². The van der Waals surface area contributed by atoms with Gasteiger partial charge in [0, 0.05) is 45.8 Å². The van der Waals surface area contributed by atoms with Crippen LogP contribution in [0.15, 0.2) is 0 Å². The Balaban J connectivity index is 1.68. The molecule has 1 atom stereocenters. The molecule has 2 aliphatic rings. The van der Waals surface area contributed by atoms with Gasteiger partial charge in [0.1, 0.15) is 0 Å². The van der Waals surface area contributed by atoms with Gasteiger partial charge in [-0.3, -0.25) is 4.90 Å². The molecule has 2 heterocycles. The highest BCUT2D eigenvalue weighted by atomic mass is 16.5. The summed E-state index contributed by atoms with van der Waals surface area (Å²) < 4.78 is 5.66. The molecule has 0 aromatic carbocycles. The van der Waals surface area contributed by atoms with Gasteiger partial charge in [-0.2, -0.15) is 0 Å². The van der Waals surface area contributed by atoms with Gasteiger partial charge in [0.25, 0.3) is 0 Å². The fraction of sp³-hybridized carbons (Fsp3) is 1.00. The minimum absolute atomic E-state index is 0.354. The largest absolute Gasteiger partial charge is 0.374 e. The van der Waals surface area contributed by atoms with Crippen LogP contribution < -0.4 is 5.32 Å². The van der Waals surface area contributed by atoms with Gasteiger partial charge in [0.15, 0.2) is 0 Å². The van der Waals surface area contributed by atoms with E-state index in [4.69, 9.17) is 4.74 Å². The number of piperazine rings is 1. The first-order valence-electron chi connectivity index (χ1n) is 5.50. The number of hydrogen-bond donors (Lipinski definition) is 0. The van der Waals surface area contributed by atoms with E-state index in [1.165, 1.54) is 26.2 Å². The summed E-state index contributed by atoms with van der Waals surface area (Å²) in [5, 5.41) is 4.38. The topological polar surface area (TPSA) is 29.8 Å². The molecule has 4 nitrogen and oxygen atoms in total. The van der Waals surface area contributed by atoms with Gasteiger partial charge in [-0.25, -0.2) is 5.32 Å². The Kier molecular flexibility index (Phi) is 3.75. The Labute approximate surface area is 86.2 Å². The average molecular weight is 198 g/mol. The zero-order valence-electron chi connectivity index (χ0n) is 8.98. The van der Waals surface area contributed by atoms with Crippen LogP contribution in [0, 0.1) is 0 Å². The molecule has 2 aliphatic heterocycles. The van der Waals surface area contributed by atoms with Crippen molar-refractivity contribution in [2.24, 2.45) is 0 Å². The maximum atomic E-state index is 5.66. The van der Waals surface area contributed by atoms with Crippen LogP contribution in [0.2, 0.25) is 0 Å². The smallest absolute Gasteiger partial charge is 0.0843 e. The summed E-state index contributed by atoms with van der Waals surface area (Å²) in [6.45, 7) is 8.39. The monoisotopic (exact) mass is 198 g/mol. The minimum Gasteiger partial charge on any atom is -0.374 e. The first-order valence-corrected chi connectivity index (χ1v) is 5.50. The van der Waals surface area contributed by atoms with Crippen molar-refractivity contribution in [3.05, 3.63) is 0 Å². The van der Waals surface area contributed by atoms with Crippen molar-refractivity contribution < 1.29 is 4.74 Å². The standard InChI is InChI=1S/C10H20N3O/c1-12-3-5-13(6-4-12)9-10-8-11-2-7-14-10/h10H,2-9H2,1H3. The predicted molar refractivity (Wildman–Crippen MR) is 55.5 cm³/mol. The summed E-state index contributed by atoms with van der Waals surface area (Å²) in [5.41, 5.74) is 0. The third kappa shape index (κ3) is 2.92. The van der Waals surface area contributed by atoms with Crippen LogP contribution in [-0.2, 0) is 4.74 Å².